The lowest BCUT2D eigenvalue weighted by atomic mass is 9.99. The van der Waals surface area contributed by atoms with Gasteiger partial charge in [-0.3, -0.25) is 0 Å². The molecular formula is C17H21F2NS. The Kier molecular flexibility index (Phi) is 5.48. The molecule has 1 nitrogen and oxygen atoms in total. The highest BCUT2D eigenvalue weighted by Crippen LogP contribution is 2.29. The number of aryl methyl sites for hydroxylation is 2. The van der Waals surface area contributed by atoms with Crippen molar-refractivity contribution in [3.63, 3.8) is 0 Å². The summed E-state index contributed by atoms with van der Waals surface area (Å²) in [6.45, 7) is 7.23. The van der Waals surface area contributed by atoms with Gasteiger partial charge in [-0.15, -0.1) is 11.3 Å². The maximum Gasteiger partial charge on any atom is 0.159 e. The summed E-state index contributed by atoms with van der Waals surface area (Å²) in [5, 5.41) is 3.51. The van der Waals surface area contributed by atoms with Crippen LogP contribution in [0.15, 0.2) is 24.3 Å². The monoisotopic (exact) mass is 309 g/mol. The molecule has 0 bridgehead atoms. The lowest BCUT2D eigenvalue weighted by Gasteiger charge is -2.19. The van der Waals surface area contributed by atoms with E-state index in [1.165, 1.54) is 27.5 Å². The molecule has 0 aliphatic carbocycles. The van der Waals surface area contributed by atoms with Crippen LogP contribution in [0.5, 0.6) is 0 Å². The zero-order valence-electron chi connectivity index (χ0n) is 12.7. The Balaban J connectivity index is 2.23. The Labute approximate surface area is 129 Å². The van der Waals surface area contributed by atoms with Crippen molar-refractivity contribution < 1.29 is 8.78 Å². The van der Waals surface area contributed by atoms with Crippen LogP contribution in [-0.2, 0) is 6.42 Å². The minimum absolute atomic E-state index is 0.139. The third kappa shape index (κ3) is 4.11. The van der Waals surface area contributed by atoms with Crippen LogP contribution in [0.25, 0.3) is 0 Å². The van der Waals surface area contributed by atoms with E-state index in [4.69, 9.17) is 0 Å². The molecule has 0 radical (unpaired) electrons. The van der Waals surface area contributed by atoms with Crippen molar-refractivity contribution in [2.75, 3.05) is 6.54 Å². The molecular weight excluding hydrogens is 288 g/mol. The number of rotatable bonds is 6. The predicted molar refractivity (Wildman–Crippen MR) is 84.9 cm³/mol. The number of hydrogen-bond acceptors (Lipinski definition) is 2. The van der Waals surface area contributed by atoms with E-state index in [1.807, 2.05) is 0 Å². The summed E-state index contributed by atoms with van der Waals surface area (Å²) in [5.74, 6) is -1.57. The van der Waals surface area contributed by atoms with Gasteiger partial charge >= 0.3 is 0 Å². The van der Waals surface area contributed by atoms with Crippen LogP contribution in [-0.4, -0.2) is 6.54 Å². The van der Waals surface area contributed by atoms with E-state index >= 15 is 0 Å². The largest absolute Gasteiger partial charge is 0.310 e. The molecule has 114 valence electrons. The lowest BCUT2D eigenvalue weighted by Crippen LogP contribution is -2.24. The van der Waals surface area contributed by atoms with E-state index in [9.17, 15) is 8.78 Å². The summed E-state index contributed by atoms with van der Waals surface area (Å²) in [6, 6.07) is 6.48. The number of nitrogens with one attached hydrogen (secondary N) is 1. The Morgan fingerprint density at radius 2 is 1.90 bits per heavy atom. The molecule has 0 saturated carbocycles. The van der Waals surface area contributed by atoms with Gasteiger partial charge in [0, 0.05) is 15.8 Å². The lowest BCUT2D eigenvalue weighted by molar-refractivity contribution is 0.500. The first-order valence-corrected chi connectivity index (χ1v) is 8.07. The molecule has 4 heteroatoms. The first kappa shape index (κ1) is 16.1. The molecule has 0 saturated heterocycles. The van der Waals surface area contributed by atoms with Crippen molar-refractivity contribution in [1.29, 1.82) is 0 Å². The molecule has 0 fully saturated rings. The summed E-state index contributed by atoms with van der Waals surface area (Å²) < 4.78 is 26.4. The topological polar surface area (TPSA) is 12.0 Å². The molecule has 1 aromatic heterocycles. The average Bonchev–Trinajstić information content (AvgIpc) is 2.77. The quantitative estimate of drug-likeness (QED) is 0.798. The van der Waals surface area contributed by atoms with E-state index in [0.717, 1.165) is 18.5 Å². The minimum atomic E-state index is -0.792. The normalized spacial score (nSPS) is 12.6. The van der Waals surface area contributed by atoms with Crippen LogP contribution in [0.2, 0.25) is 0 Å². The number of benzene rings is 1. The summed E-state index contributed by atoms with van der Waals surface area (Å²) in [7, 11) is 0. The van der Waals surface area contributed by atoms with Crippen LogP contribution in [0.3, 0.4) is 0 Å². The number of halogens is 2. The second-order valence-electron chi connectivity index (χ2n) is 5.33. The molecule has 1 N–H and O–H groups in total. The maximum atomic E-state index is 13.4. The molecule has 1 atom stereocenters. The molecule has 1 unspecified atom stereocenters. The molecule has 1 heterocycles. The molecule has 0 spiro atoms. The van der Waals surface area contributed by atoms with Gasteiger partial charge in [0.2, 0.25) is 0 Å². The average molecular weight is 309 g/mol. The van der Waals surface area contributed by atoms with Crippen molar-refractivity contribution in [2.24, 2.45) is 0 Å². The molecule has 0 aliphatic heterocycles. The van der Waals surface area contributed by atoms with Gasteiger partial charge in [-0.1, -0.05) is 13.0 Å². The van der Waals surface area contributed by atoms with Gasteiger partial charge in [0.15, 0.2) is 11.6 Å². The second kappa shape index (κ2) is 7.14. The van der Waals surface area contributed by atoms with Gasteiger partial charge in [0.25, 0.3) is 0 Å². The zero-order valence-corrected chi connectivity index (χ0v) is 13.5. The van der Waals surface area contributed by atoms with Crippen LogP contribution in [0, 0.1) is 25.5 Å². The van der Waals surface area contributed by atoms with E-state index in [0.29, 0.717) is 6.42 Å². The smallest absolute Gasteiger partial charge is 0.159 e. The fourth-order valence-electron chi connectivity index (χ4n) is 2.51. The standard InChI is InChI=1S/C17H21F2NS/c1-4-7-20-17(14-8-11(2)21-12(14)3)10-13-5-6-15(18)16(19)9-13/h5-6,8-9,17,20H,4,7,10H2,1-3H3. The molecule has 2 aromatic rings. The maximum absolute atomic E-state index is 13.4. The van der Waals surface area contributed by atoms with Crippen LogP contribution in [0.4, 0.5) is 8.78 Å². The third-order valence-corrected chi connectivity index (χ3v) is 4.50. The Bertz CT molecular complexity index is 607. The van der Waals surface area contributed by atoms with Crippen molar-refractivity contribution in [1.82, 2.24) is 5.32 Å². The fourth-order valence-corrected chi connectivity index (χ4v) is 3.50. The second-order valence-corrected chi connectivity index (χ2v) is 6.79. The molecule has 2 rings (SSSR count). The van der Waals surface area contributed by atoms with Gasteiger partial charge < -0.3 is 5.32 Å². The van der Waals surface area contributed by atoms with Gasteiger partial charge in [-0.25, -0.2) is 8.78 Å². The summed E-state index contributed by atoms with van der Waals surface area (Å²) in [6.07, 6.45) is 1.70. The first-order valence-electron chi connectivity index (χ1n) is 7.25. The number of thiophene rings is 1. The highest BCUT2D eigenvalue weighted by molar-refractivity contribution is 7.12. The van der Waals surface area contributed by atoms with Crippen LogP contribution < -0.4 is 5.32 Å². The van der Waals surface area contributed by atoms with E-state index in [1.54, 1.807) is 17.4 Å². The first-order chi connectivity index (χ1) is 10.0. The van der Waals surface area contributed by atoms with Gasteiger partial charge in [0.05, 0.1) is 0 Å². The summed E-state index contributed by atoms with van der Waals surface area (Å²) >= 11 is 1.77. The fraction of sp³-hybridized carbons (Fsp3) is 0.412. The van der Waals surface area contributed by atoms with E-state index in [2.05, 4.69) is 32.2 Å². The Hall–Kier alpha value is -1.26. The molecule has 0 aliphatic rings. The Morgan fingerprint density at radius 1 is 1.14 bits per heavy atom. The highest BCUT2D eigenvalue weighted by atomic mass is 32.1. The predicted octanol–water partition coefficient (Wildman–Crippen LogP) is 4.93. The minimum Gasteiger partial charge on any atom is -0.310 e. The van der Waals surface area contributed by atoms with Crippen molar-refractivity contribution in [3.05, 3.63) is 56.8 Å². The van der Waals surface area contributed by atoms with E-state index in [-0.39, 0.29) is 6.04 Å². The van der Waals surface area contributed by atoms with Gasteiger partial charge in [0.1, 0.15) is 0 Å². The third-order valence-electron chi connectivity index (χ3n) is 3.52. The Morgan fingerprint density at radius 3 is 2.48 bits per heavy atom. The van der Waals surface area contributed by atoms with Crippen LogP contribution in [0.1, 0.15) is 40.3 Å². The summed E-state index contributed by atoms with van der Waals surface area (Å²) in [4.78, 5) is 2.56. The SMILES string of the molecule is CCCNC(Cc1ccc(F)c(F)c1)c1cc(C)sc1C. The summed E-state index contributed by atoms with van der Waals surface area (Å²) in [5.41, 5.74) is 2.07. The van der Waals surface area contributed by atoms with Gasteiger partial charge in [-0.2, -0.15) is 0 Å². The number of hydrogen-bond donors (Lipinski definition) is 1. The zero-order chi connectivity index (χ0) is 15.4. The van der Waals surface area contributed by atoms with E-state index < -0.39 is 11.6 Å². The molecule has 1 aromatic carbocycles. The molecule has 0 amide bonds. The molecule has 21 heavy (non-hydrogen) atoms. The van der Waals surface area contributed by atoms with Crippen molar-refractivity contribution in [2.45, 2.75) is 39.7 Å². The highest BCUT2D eigenvalue weighted by Gasteiger charge is 2.16. The van der Waals surface area contributed by atoms with Gasteiger partial charge in [-0.05, 0) is 62.6 Å². The van der Waals surface area contributed by atoms with Crippen molar-refractivity contribution >= 4 is 11.3 Å². The van der Waals surface area contributed by atoms with Crippen molar-refractivity contribution in [3.8, 4) is 0 Å². The van der Waals surface area contributed by atoms with Crippen LogP contribution >= 0.6 is 11.3 Å².